The molecule has 0 aliphatic carbocycles. The number of hydrogen-bond acceptors (Lipinski definition) is 3. The van der Waals surface area contributed by atoms with Gasteiger partial charge in [-0.25, -0.2) is 4.39 Å². The third kappa shape index (κ3) is 5.63. The number of carbonyl (C=O) groups is 2. The molecule has 1 heterocycles. The molecule has 2 atom stereocenters. The first-order valence-electron chi connectivity index (χ1n) is 11.0. The van der Waals surface area contributed by atoms with Gasteiger partial charge in [-0.3, -0.25) is 9.59 Å². The lowest BCUT2D eigenvalue weighted by molar-refractivity contribution is -0.143. The van der Waals surface area contributed by atoms with Crippen molar-refractivity contribution in [3.05, 3.63) is 65.5 Å². The van der Waals surface area contributed by atoms with Crippen molar-refractivity contribution in [1.82, 2.24) is 10.2 Å². The van der Waals surface area contributed by atoms with Crippen molar-refractivity contribution < 1.29 is 18.7 Å². The number of hydrogen-bond donors (Lipinski definition) is 1. The van der Waals surface area contributed by atoms with Gasteiger partial charge >= 0.3 is 0 Å². The van der Waals surface area contributed by atoms with E-state index in [4.69, 9.17) is 4.74 Å². The van der Waals surface area contributed by atoms with Crippen molar-refractivity contribution >= 4 is 11.8 Å². The van der Waals surface area contributed by atoms with Gasteiger partial charge in [-0.1, -0.05) is 43.7 Å². The first-order valence-corrected chi connectivity index (χ1v) is 11.0. The van der Waals surface area contributed by atoms with Crippen LogP contribution in [0, 0.1) is 11.7 Å². The Balaban J connectivity index is 1.79. The maximum atomic E-state index is 13.4. The van der Waals surface area contributed by atoms with E-state index < -0.39 is 0 Å². The largest absolute Gasteiger partial charge is 0.496 e. The molecule has 1 aliphatic rings. The molecule has 0 spiro atoms. The summed E-state index contributed by atoms with van der Waals surface area (Å²) in [6.07, 6.45) is 3.25. The molecule has 2 aromatic rings. The Morgan fingerprint density at radius 3 is 2.77 bits per heavy atom. The number of unbranched alkanes of at least 4 members (excludes halogenated alkanes) is 1. The van der Waals surface area contributed by atoms with Crippen LogP contribution in [0.3, 0.4) is 0 Å². The minimum atomic E-state index is -0.363. The predicted molar refractivity (Wildman–Crippen MR) is 118 cm³/mol. The summed E-state index contributed by atoms with van der Waals surface area (Å²) in [5, 5.41) is 3.01. The van der Waals surface area contributed by atoms with Crippen molar-refractivity contribution in [3.63, 3.8) is 0 Å². The Kier molecular flexibility index (Phi) is 8.04. The molecule has 2 aromatic carbocycles. The van der Waals surface area contributed by atoms with Crippen molar-refractivity contribution in [2.75, 3.05) is 20.2 Å². The second-order valence-corrected chi connectivity index (χ2v) is 7.94. The van der Waals surface area contributed by atoms with E-state index in [0.29, 0.717) is 38.1 Å². The predicted octanol–water partition coefficient (Wildman–Crippen LogP) is 4.27. The van der Waals surface area contributed by atoms with Gasteiger partial charge in [0.1, 0.15) is 11.6 Å². The van der Waals surface area contributed by atoms with Crippen LogP contribution >= 0.6 is 0 Å². The molecule has 3 rings (SSSR count). The summed E-state index contributed by atoms with van der Waals surface area (Å²) in [6, 6.07) is 13.6. The van der Waals surface area contributed by atoms with E-state index in [0.717, 1.165) is 24.0 Å². The van der Waals surface area contributed by atoms with Crippen LogP contribution in [0.25, 0.3) is 0 Å². The van der Waals surface area contributed by atoms with Gasteiger partial charge < -0.3 is 15.0 Å². The summed E-state index contributed by atoms with van der Waals surface area (Å²) in [6.45, 7) is 3.12. The van der Waals surface area contributed by atoms with Crippen LogP contribution in [0.2, 0.25) is 0 Å². The van der Waals surface area contributed by atoms with Crippen molar-refractivity contribution in [2.45, 2.75) is 45.1 Å². The van der Waals surface area contributed by atoms with Crippen molar-refractivity contribution in [2.24, 2.45) is 5.92 Å². The minimum Gasteiger partial charge on any atom is -0.496 e. The highest BCUT2D eigenvalue weighted by molar-refractivity contribution is 5.85. The van der Waals surface area contributed by atoms with Crippen molar-refractivity contribution in [1.29, 1.82) is 0 Å². The van der Waals surface area contributed by atoms with Crippen LogP contribution < -0.4 is 10.1 Å². The molecule has 1 saturated heterocycles. The molecule has 0 aromatic heterocycles. The summed E-state index contributed by atoms with van der Waals surface area (Å²) < 4.78 is 19.0. The summed E-state index contributed by atoms with van der Waals surface area (Å²) >= 11 is 0. The highest BCUT2D eigenvalue weighted by Crippen LogP contribution is 2.40. The molecular weight excluding hydrogens is 395 g/mol. The van der Waals surface area contributed by atoms with Gasteiger partial charge in [-0.2, -0.15) is 0 Å². The molecule has 166 valence electrons. The quantitative estimate of drug-likeness (QED) is 0.651. The first kappa shape index (κ1) is 22.8. The van der Waals surface area contributed by atoms with Crippen LogP contribution in [-0.4, -0.2) is 36.9 Å². The lowest BCUT2D eigenvalue weighted by atomic mass is 9.83. The molecule has 2 amide bonds. The lowest BCUT2D eigenvalue weighted by Gasteiger charge is -2.41. The van der Waals surface area contributed by atoms with Gasteiger partial charge in [-0.05, 0) is 43.0 Å². The van der Waals surface area contributed by atoms with Crippen LogP contribution in [0.4, 0.5) is 4.39 Å². The fourth-order valence-electron chi connectivity index (χ4n) is 4.27. The Hall–Kier alpha value is -2.89. The SMILES string of the molecule is CCCCN1C(=O)CCC(C(=O)NCCc2cccc(F)c2)C1c1ccccc1OC. The second-order valence-electron chi connectivity index (χ2n) is 7.94. The standard InChI is InChI=1S/C25H31FN2O3/c1-3-4-16-28-23(29)13-12-21(24(28)20-10-5-6-11-22(20)31-2)25(30)27-15-14-18-8-7-9-19(26)17-18/h5-11,17,21,24H,3-4,12-16H2,1-2H3,(H,27,30). The molecule has 1 fully saturated rings. The molecule has 6 heteroatoms. The van der Waals surface area contributed by atoms with Gasteiger partial charge in [0, 0.05) is 25.1 Å². The van der Waals surface area contributed by atoms with Crippen LogP contribution in [0.15, 0.2) is 48.5 Å². The third-order valence-electron chi connectivity index (χ3n) is 5.86. The number of benzene rings is 2. The number of para-hydroxylation sites is 1. The topological polar surface area (TPSA) is 58.6 Å². The molecular formula is C25H31FN2O3. The highest BCUT2D eigenvalue weighted by atomic mass is 19.1. The van der Waals surface area contributed by atoms with E-state index >= 15 is 0 Å². The Morgan fingerprint density at radius 2 is 2.03 bits per heavy atom. The fraction of sp³-hybridized carbons (Fsp3) is 0.440. The molecule has 0 saturated carbocycles. The van der Waals surface area contributed by atoms with Crippen LogP contribution in [-0.2, 0) is 16.0 Å². The molecule has 31 heavy (non-hydrogen) atoms. The Morgan fingerprint density at radius 1 is 1.23 bits per heavy atom. The van der Waals surface area contributed by atoms with Gasteiger partial charge in [0.05, 0.1) is 19.1 Å². The molecule has 0 bridgehead atoms. The second kappa shape index (κ2) is 10.9. The van der Waals surface area contributed by atoms with Gasteiger partial charge in [0.2, 0.25) is 11.8 Å². The molecule has 0 radical (unpaired) electrons. The molecule has 2 unspecified atom stereocenters. The van der Waals surface area contributed by atoms with E-state index in [9.17, 15) is 14.0 Å². The number of nitrogens with one attached hydrogen (secondary N) is 1. The van der Waals surface area contributed by atoms with Crippen LogP contribution in [0.5, 0.6) is 5.75 Å². The molecule has 1 aliphatic heterocycles. The average molecular weight is 427 g/mol. The number of carbonyl (C=O) groups excluding carboxylic acids is 2. The Labute approximate surface area is 183 Å². The molecule has 1 N–H and O–H groups in total. The van der Waals surface area contributed by atoms with Gasteiger partial charge in [0.25, 0.3) is 0 Å². The van der Waals surface area contributed by atoms with Gasteiger partial charge in [-0.15, -0.1) is 0 Å². The van der Waals surface area contributed by atoms with E-state index in [1.807, 2.05) is 35.2 Å². The number of halogens is 1. The summed E-state index contributed by atoms with van der Waals surface area (Å²) in [5.74, 6) is 0.0338. The third-order valence-corrected chi connectivity index (χ3v) is 5.86. The van der Waals surface area contributed by atoms with E-state index in [1.165, 1.54) is 12.1 Å². The zero-order valence-electron chi connectivity index (χ0n) is 18.3. The zero-order chi connectivity index (χ0) is 22.2. The van der Waals surface area contributed by atoms with Gasteiger partial charge in [0.15, 0.2) is 0 Å². The summed E-state index contributed by atoms with van der Waals surface area (Å²) in [4.78, 5) is 27.9. The summed E-state index contributed by atoms with van der Waals surface area (Å²) in [7, 11) is 1.61. The average Bonchev–Trinajstić information content (AvgIpc) is 2.78. The lowest BCUT2D eigenvalue weighted by Crippen LogP contribution is -2.48. The number of ether oxygens (including phenoxy) is 1. The maximum absolute atomic E-state index is 13.4. The summed E-state index contributed by atoms with van der Waals surface area (Å²) in [5.41, 5.74) is 1.70. The van der Waals surface area contributed by atoms with Crippen LogP contribution in [0.1, 0.15) is 49.8 Å². The monoisotopic (exact) mass is 426 g/mol. The van der Waals surface area contributed by atoms with E-state index in [2.05, 4.69) is 12.2 Å². The number of nitrogens with zero attached hydrogens (tertiary/aromatic N) is 1. The van der Waals surface area contributed by atoms with E-state index in [1.54, 1.807) is 13.2 Å². The highest BCUT2D eigenvalue weighted by Gasteiger charge is 2.41. The number of likely N-dealkylation sites (tertiary alicyclic amines) is 1. The smallest absolute Gasteiger partial charge is 0.225 e. The fourth-order valence-corrected chi connectivity index (χ4v) is 4.27. The molecule has 5 nitrogen and oxygen atoms in total. The normalized spacial score (nSPS) is 18.7. The minimum absolute atomic E-state index is 0.0770. The maximum Gasteiger partial charge on any atom is 0.225 e. The number of rotatable bonds is 9. The number of methoxy groups -OCH3 is 1. The number of piperidine rings is 1. The van der Waals surface area contributed by atoms with Crippen molar-refractivity contribution in [3.8, 4) is 5.75 Å². The zero-order valence-corrected chi connectivity index (χ0v) is 18.3. The number of amides is 2. The first-order chi connectivity index (χ1) is 15.0. The van der Waals surface area contributed by atoms with E-state index in [-0.39, 0.29) is 29.6 Å². The Bertz CT molecular complexity index is 902.